The number of hydrogen-bond acceptors (Lipinski definition) is 1. The van der Waals surface area contributed by atoms with Gasteiger partial charge in [-0.25, -0.2) is 0 Å². The van der Waals surface area contributed by atoms with Crippen LogP contribution in [0.4, 0.5) is 0 Å². The molecule has 2 unspecified atom stereocenters. The summed E-state index contributed by atoms with van der Waals surface area (Å²) in [6.45, 7) is 46.0. The average molecular weight is 698 g/mol. The van der Waals surface area contributed by atoms with Crippen LogP contribution in [-0.4, -0.2) is 18.2 Å². The molecule has 1 aromatic carbocycles. The van der Waals surface area contributed by atoms with E-state index in [-0.39, 0.29) is 0 Å². The Morgan fingerprint density at radius 3 is 1.49 bits per heavy atom. The van der Waals surface area contributed by atoms with E-state index in [1.807, 2.05) is 85.6 Å². The fraction of sp³-hybridized carbons (Fsp3) is 0.255. The number of allylic oxidation sites excluding steroid dienone is 22. The van der Waals surface area contributed by atoms with Gasteiger partial charge in [0.1, 0.15) is 7.85 Å². The smallest absolute Gasteiger partial charge is 0.104 e. The van der Waals surface area contributed by atoms with Crippen molar-refractivity contribution in [1.29, 1.82) is 0 Å². The van der Waals surface area contributed by atoms with E-state index < -0.39 is 5.44 Å². The zero-order valence-electron chi connectivity index (χ0n) is 33.4. The predicted octanol–water partition coefficient (Wildman–Crippen LogP) is 13.6. The van der Waals surface area contributed by atoms with Crippen molar-refractivity contribution in [3.63, 3.8) is 0 Å². The molecule has 2 radical (unpaired) electrons. The summed E-state index contributed by atoms with van der Waals surface area (Å²) >= 11 is 0. The number of nitrogens with zero attached hydrogens (tertiary/aromatic N) is 1. The summed E-state index contributed by atoms with van der Waals surface area (Å²) in [6.07, 6.45) is 31.8. The van der Waals surface area contributed by atoms with Crippen LogP contribution in [0.5, 0.6) is 0 Å². The fourth-order valence-corrected chi connectivity index (χ4v) is 7.05. The molecule has 0 aliphatic heterocycles. The van der Waals surface area contributed by atoms with Crippen LogP contribution in [0.2, 0.25) is 0 Å². The summed E-state index contributed by atoms with van der Waals surface area (Å²) < 4.78 is 0. The van der Waals surface area contributed by atoms with E-state index in [1.54, 1.807) is 0 Å². The van der Waals surface area contributed by atoms with Gasteiger partial charge in [-0.15, -0.1) is 0 Å². The Kier molecular flexibility index (Phi) is 15.3. The van der Waals surface area contributed by atoms with Crippen molar-refractivity contribution in [2.75, 3.05) is 0 Å². The number of rotatable bonds is 20. The minimum Gasteiger partial charge on any atom is -0.345 e. The summed E-state index contributed by atoms with van der Waals surface area (Å²) in [7, 11) is 6.78. The maximum Gasteiger partial charge on any atom is 0.104 e. The maximum atomic E-state index is 6.78. The number of fused-ring (bicyclic) bond motifs is 2. The third-order valence-corrected chi connectivity index (χ3v) is 10.4. The van der Waals surface area contributed by atoms with Gasteiger partial charge in [-0.1, -0.05) is 155 Å². The van der Waals surface area contributed by atoms with Gasteiger partial charge in [0.05, 0.1) is 0 Å². The molecule has 0 spiro atoms. The average Bonchev–Trinajstić information content (AvgIpc) is 3.67. The Hall–Kier alpha value is -5.08. The Balaban J connectivity index is 2.08. The van der Waals surface area contributed by atoms with Gasteiger partial charge in [-0.2, -0.15) is 0 Å². The minimum atomic E-state index is -0.753. The lowest BCUT2D eigenvalue weighted by Gasteiger charge is -2.40. The van der Waals surface area contributed by atoms with Crippen LogP contribution in [0, 0.1) is 11.8 Å². The maximum absolute atomic E-state index is 6.78. The highest BCUT2D eigenvalue weighted by atomic mass is 15.2. The lowest BCUT2D eigenvalue weighted by atomic mass is 9.79. The lowest BCUT2D eigenvalue weighted by molar-refractivity contribution is 0.327. The molecule has 1 nitrogen and oxygen atoms in total. The van der Waals surface area contributed by atoms with E-state index in [0.29, 0.717) is 11.8 Å². The molecule has 0 saturated heterocycles. The first-order valence-corrected chi connectivity index (χ1v) is 18.8. The Bertz CT molecular complexity index is 1930. The van der Waals surface area contributed by atoms with E-state index in [1.165, 1.54) is 44.5 Å². The molecule has 1 aromatic rings. The Morgan fingerprint density at radius 1 is 0.642 bits per heavy atom. The molecule has 2 aliphatic rings. The molecule has 0 fully saturated rings. The van der Waals surface area contributed by atoms with Gasteiger partial charge in [0, 0.05) is 11.4 Å². The van der Waals surface area contributed by atoms with E-state index >= 15 is 0 Å². The molecule has 0 saturated carbocycles. The first-order valence-electron chi connectivity index (χ1n) is 18.8. The van der Waals surface area contributed by atoms with Crippen molar-refractivity contribution in [2.45, 2.75) is 72.7 Å². The zero-order chi connectivity index (χ0) is 39.5. The monoisotopic (exact) mass is 697 g/mol. The Morgan fingerprint density at radius 2 is 1.09 bits per heavy atom. The quantitative estimate of drug-likeness (QED) is 0.0968. The van der Waals surface area contributed by atoms with Crippen LogP contribution in [0.15, 0.2) is 195 Å². The third-order valence-electron chi connectivity index (χ3n) is 10.4. The number of hydrogen-bond donors (Lipinski definition) is 0. The molecule has 0 aromatic heterocycles. The van der Waals surface area contributed by atoms with Crippen molar-refractivity contribution in [2.24, 2.45) is 11.8 Å². The molecule has 0 N–H and O–H groups in total. The van der Waals surface area contributed by atoms with Crippen molar-refractivity contribution >= 4 is 19.0 Å². The van der Waals surface area contributed by atoms with Crippen molar-refractivity contribution in [1.82, 2.24) is 4.90 Å². The van der Waals surface area contributed by atoms with Crippen molar-refractivity contribution in [3.05, 3.63) is 217 Å². The summed E-state index contributed by atoms with van der Waals surface area (Å²) in [5.74, 6) is 0.843. The molecular weight excluding hydrogens is 637 g/mol. The molecule has 0 amide bonds. The second-order valence-corrected chi connectivity index (χ2v) is 14.4. The molecule has 272 valence electrons. The Labute approximate surface area is 324 Å². The molecule has 2 atom stereocenters. The zero-order valence-corrected chi connectivity index (χ0v) is 33.4. The summed E-state index contributed by atoms with van der Waals surface area (Å²) in [5.41, 5.74) is 15.2. The number of benzene rings is 1. The first kappa shape index (κ1) is 42.3. The standard InChI is InChI=1S/C51H60BN/c1-15-35(11)37(17-3)25-27-45(21-7)53(51(13,14)52)46(22-8)28-26-38(18-4)40(20-6)30-42-32-44-34-49-43(33-50(44)48(42)24-10)31-41(47(49)23-9)29-39(19-5)36(12)16-2/h17-30,33-36H,3-10,15-16,31-32H2,1-2,11-14H3/b37-25+,38-26+,39-29+,40-30+,45-27+,46-28+. The van der Waals surface area contributed by atoms with Gasteiger partial charge in [-0.05, 0) is 146 Å². The van der Waals surface area contributed by atoms with Crippen molar-refractivity contribution in [3.8, 4) is 0 Å². The largest absolute Gasteiger partial charge is 0.345 e. The van der Waals surface area contributed by atoms with Crippen LogP contribution < -0.4 is 0 Å². The van der Waals surface area contributed by atoms with Gasteiger partial charge in [0.2, 0.25) is 0 Å². The van der Waals surface area contributed by atoms with Gasteiger partial charge in [-0.3, -0.25) is 0 Å². The molecule has 2 aliphatic carbocycles. The summed E-state index contributed by atoms with van der Waals surface area (Å²) in [4.78, 5) is 2.04. The molecule has 0 bridgehead atoms. The second kappa shape index (κ2) is 19.1. The van der Waals surface area contributed by atoms with Crippen LogP contribution in [0.1, 0.15) is 76.6 Å². The molecule has 2 heteroatoms. The normalized spacial score (nSPS) is 16.8. The van der Waals surface area contributed by atoms with Gasteiger partial charge < -0.3 is 4.90 Å². The molecular formula is C51H60BN. The third kappa shape index (κ3) is 9.68. The minimum absolute atomic E-state index is 0.387. The van der Waals surface area contributed by atoms with Crippen LogP contribution in [0.3, 0.4) is 0 Å². The van der Waals surface area contributed by atoms with E-state index in [9.17, 15) is 0 Å². The SMILES string of the molecule is [B]C(C)(C)N(/C(C=C)=C/C=C(\C=C)C(C)CC)/C(C=C)=C/C=C(C=C)/C(C=C)=C/C1=C(C=C)c2cc3c(cc2C1)C(C=C)=C(/C=C(\C=C)C(C)CC)C3. The van der Waals surface area contributed by atoms with Crippen LogP contribution >= 0.6 is 0 Å². The molecule has 53 heavy (non-hydrogen) atoms. The highest BCUT2D eigenvalue weighted by Gasteiger charge is 2.27. The lowest BCUT2D eigenvalue weighted by Crippen LogP contribution is -2.42. The summed E-state index contributed by atoms with van der Waals surface area (Å²) in [5, 5.41) is 0. The van der Waals surface area contributed by atoms with Gasteiger partial charge >= 0.3 is 0 Å². The summed E-state index contributed by atoms with van der Waals surface area (Å²) in [6, 6.07) is 4.70. The van der Waals surface area contributed by atoms with Gasteiger partial charge in [0.25, 0.3) is 0 Å². The predicted molar refractivity (Wildman–Crippen MR) is 238 cm³/mol. The van der Waals surface area contributed by atoms with E-state index in [4.69, 9.17) is 7.85 Å². The molecule has 3 rings (SSSR count). The highest BCUT2D eigenvalue weighted by molar-refractivity contribution is 6.15. The molecule has 0 heterocycles. The van der Waals surface area contributed by atoms with Crippen LogP contribution in [-0.2, 0) is 12.8 Å². The van der Waals surface area contributed by atoms with E-state index in [2.05, 4.69) is 111 Å². The van der Waals surface area contributed by atoms with Crippen molar-refractivity contribution < 1.29 is 0 Å². The van der Waals surface area contributed by atoms with Gasteiger partial charge in [0.15, 0.2) is 0 Å². The highest BCUT2D eigenvalue weighted by Crippen LogP contribution is 2.43. The second-order valence-electron chi connectivity index (χ2n) is 14.4. The first-order chi connectivity index (χ1) is 25.3. The fourth-order valence-electron chi connectivity index (χ4n) is 7.05. The van der Waals surface area contributed by atoms with Crippen LogP contribution in [0.25, 0.3) is 11.1 Å². The topological polar surface area (TPSA) is 3.24 Å². The van der Waals surface area contributed by atoms with E-state index in [0.717, 1.165) is 59.4 Å².